The molecule has 1 aliphatic rings. The van der Waals surface area contributed by atoms with Crippen LogP contribution in [0.2, 0.25) is 5.02 Å². The molecule has 1 atom stereocenters. The minimum Gasteiger partial charge on any atom is -0.507 e. The molecule has 1 amide bonds. The average Bonchev–Trinajstić information content (AvgIpc) is 3.15. The van der Waals surface area contributed by atoms with Crippen LogP contribution >= 0.6 is 11.6 Å². The van der Waals surface area contributed by atoms with E-state index in [0.29, 0.717) is 28.5 Å². The number of aryl methyl sites for hydroxylation is 2. The van der Waals surface area contributed by atoms with E-state index >= 15 is 0 Å². The Bertz CT molecular complexity index is 1080. The van der Waals surface area contributed by atoms with Crippen molar-refractivity contribution in [2.24, 2.45) is 0 Å². The number of phenolic OH excluding ortho intramolecular Hbond substituents is 1. The highest BCUT2D eigenvalue weighted by Crippen LogP contribution is 2.45. The first kappa shape index (κ1) is 18.3. The lowest BCUT2D eigenvalue weighted by Crippen LogP contribution is -2.29. The smallest absolute Gasteiger partial charge is 0.273 e. The number of hydrogen-bond acceptors (Lipinski definition) is 3. The third-order valence-corrected chi connectivity index (χ3v) is 5.28. The third-order valence-electron chi connectivity index (χ3n) is 5.05. The van der Waals surface area contributed by atoms with Crippen molar-refractivity contribution in [3.8, 4) is 17.0 Å². The van der Waals surface area contributed by atoms with Gasteiger partial charge in [-0.3, -0.25) is 9.89 Å². The van der Waals surface area contributed by atoms with Crippen LogP contribution in [-0.2, 0) is 0 Å². The van der Waals surface area contributed by atoms with Crippen molar-refractivity contribution < 1.29 is 9.90 Å². The SMILES string of the molecule is C=CCN1C(=O)c2[nH]nc(-c3c(C)cc(C)cc3O)c2C1c1cccc(Cl)c1. The van der Waals surface area contributed by atoms with Gasteiger partial charge in [0.2, 0.25) is 0 Å². The predicted molar refractivity (Wildman–Crippen MR) is 110 cm³/mol. The number of halogens is 1. The van der Waals surface area contributed by atoms with Crippen LogP contribution < -0.4 is 0 Å². The van der Waals surface area contributed by atoms with E-state index in [4.69, 9.17) is 11.6 Å². The molecule has 1 aliphatic heterocycles. The maximum atomic E-state index is 13.0. The summed E-state index contributed by atoms with van der Waals surface area (Å²) in [5.74, 6) is -0.00542. The van der Waals surface area contributed by atoms with Gasteiger partial charge in [-0.1, -0.05) is 35.9 Å². The highest BCUT2D eigenvalue weighted by atomic mass is 35.5. The van der Waals surface area contributed by atoms with Crippen LogP contribution in [0.4, 0.5) is 0 Å². The number of benzene rings is 2. The van der Waals surface area contributed by atoms with Crippen LogP contribution in [0.1, 0.15) is 38.8 Å². The summed E-state index contributed by atoms with van der Waals surface area (Å²) in [6, 6.07) is 10.8. The lowest BCUT2D eigenvalue weighted by Gasteiger charge is -2.25. The van der Waals surface area contributed by atoms with Crippen molar-refractivity contribution in [3.63, 3.8) is 0 Å². The van der Waals surface area contributed by atoms with Gasteiger partial charge in [0, 0.05) is 22.7 Å². The van der Waals surface area contributed by atoms with Gasteiger partial charge < -0.3 is 10.0 Å². The van der Waals surface area contributed by atoms with Gasteiger partial charge in [-0.25, -0.2) is 0 Å². The predicted octanol–water partition coefficient (Wildman–Crippen LogP) is 4.78. The van der Waals surface area contributed by atoms with Gasteiger partial charge in [-0.15, -0.1) is 6.58 Å². The second kappa shape index (κ2) is 6.84. The summed E-state index contributed by atoms with van der Waals surface area (Å²) >= 11 is 6.22. The molecule has 6 heteroatoms. The lowest BCUT2D eigenvalue weighted by atomic mass is 9.93. The minimum atomic E-state index is -0.368. The Hall–Kier alpha value is -3.05. The standard InChI is InChI=1S/C22H20ClN3O2/c1-4-8-26-21(14-6-5-7-15(23)11-14)18-19(24-25-20(18)22(26)28)17-13(3)9-12(2)10-16(17)27/h4-7,9-11,21,27H,1,8H2,2-3H3,(H,24,25). The fraction of sp³-hybridized carbons (Fsp3) is 0.182. The molecule has 28 heavy (non-hydrogen) atoms. The molecule has 4 rings (SSSR count). The Kier molecular flexibility index (Phi) is 4.47. The number of carbonyl (C=O) groups is 1. The van der Waals surface area contributed by atoms with Gasteiger partial charge in [-0.05, 0) is 48.7 Å². The van der Waals surface area contributed by atoms with E-state index < -0.39 is 0 Å². The number of nitrogens with zero attached hydrogens (tertiary/aromatic N) is 2. The van der Waals surface area contributed by atoms with Gasteiger partial charge in [0.1, 0.15) is 17.1 Å². The molecule has 2 N–H and O–H groups in total. The molecule has 0 aliphatic carbocycles. The van der Waals surface area contributed by atoms with Crippen LogP contribution in [0.5, 0.6) is 5.75 Å². The van der Waals surface area contributed by atoms with Crippen molar-refractivity contribution in [2.75, 3.05) is 6.54 Å². The maximum Gasteiger partial charge on any atom is 0.273 e. The zero-order valence-corrected chi connectivity index (χ0v) is 16.4. The molecule has 1 aromatic heterocycles. The van der Waals surface area contributed by atoms with Gasteiger partial charge in [0.05, 0.1) is 6.04 Å². The Labute approximate surface area is 168 Å². The van der Waals surface area contributed by atoms with Crippen molar-refractivity contribution in [2.45, 2.75) is 19.9 Å². The number of aromatic hydroxyl groups is 1. The average molecular weight is 394 g/mol. The molecule has 142 valence electrons. The second-order valence-corrected chi connectivity index (χ2v) is 7.48. The molecule has 1 unspecified atom stereocenters. The Balaban J connectivity index is 1.97. The first-order chi connectivity index (χ1) is 13.4. The van der Waals surface area contributed by atoms with E-state index in [2.05, 4.69) is 16.8 Å². The number of H-pyrrole nitrogens is 1. The van der Waals surface area contributed by atoms with Crippen LogP contribution in [0, 0.1) is 13.8 Å². The summed E-state index contributed by atoms with van der Waals surface area (Å²) in [6.07, 6.45) is 1.70. The van der Waals surface area contributed by atoms with Crippen molar-refractivity contribution in [1.82, 2.24) is 15.1 Å². The van der Waals surface area contributed by atoms with E-state index in [1.807, 2.05) is 38.1 Å². The van der Waals surface area contributed by atoms with E-state index in [9.17, 15) is 9.90 Å². The number of aromatic nitrogens is 2. The summed E-state index contributed by atoms with van der Waals surface area (Å²) in [7, 11) is 0. The number of fused-ring (bicyclic) bond motifs is 1. The van der Waals surface area contributed by atoms with E-state index in [0.717, 1.165) is 22.3 Å². The number of amides is 1. The first-order valence-corrected chi connectivity index (χ1v) is 9.36. The summed E-state index contributed by atoms with van der Waals surface area (Å²) in [5, 5.41) is 18.5. The molecular formula is C22H20ClN3O2. The number of phenols is 1. The van der Waals surface area contributed by atoms with Crippen LogP contribution in [-0.4, -0.2) is 32.7 Å². The fourth-order valence-corrected chi connectivity index (χ4v) is 4.19. The number of hydrogen-bond donors (Lipinski definition) is 2. The van der Waals surface area contributed by atoms with E-state index in [1.165, 1.54) is 0 Å². The minimum absolute atomic E-state index is 0.145. The highest BCUT2D eigenvalue weighted by Gasteiger charge is 2.42. The molecule has 0 saturated heterocycles. The summed E-state index contributed by atoms with van der Waals surface area (Å²) in [5.41, 5.74) is 5.12. The maximum absolute atomic E-state index is 13.0. The summed E-state index contributed by atoms with van der Waals surface area (Å²) in [6.45, 7) is 8.02. The molecule has 0 radical (unpaired) electrons. The van der Waals surface area contributed by atoms with Gasteiger partial charge in [-0.2, -0.15) is 5.10 Å². The Morgan fingerprint density at radius 3 is 2.79 bits per heavy atom. The highest BCUT2D eigenvalue weighted by molar-refractivity contribution is 6.30. The van der Waals surface area contributed by atoms with Crippen molar-refractivity contribution >= 4 is 17.5 Å². The van der Waals surface area contributed by atoms with Crippen LogP contribution in [0.25, 0.3) is 11.3 Å². The molecule has 2 heterocycles. The van der Waals surface area contributed by atoms with Gasteiger partial charge in [0.15, 0.2) is 0 Å². The normalized spacial score (nSPS) is 15.8. The van der Waals surface area contributed by atoms with Crippen molar-refractivity contribution in [3.05, 3.63) is 82.0 Å². The molecule has 5 nitrogen and oxygen atoms in total. The Morgan fingerprint density at radius 1 is 1.32 bits per heavy atom. The molecule has 0 spiro atoms. The van der Waals surface area contributed by atoms with E-state index in [-0.39, 0.29) is 17.7 Å². The first-order valence-electron chi connectivity index (χ1n) is 8.98. The topological polar surface area (TPSA) is 69.2 Å². The second-order valence-electron chi connectivity index (χ2n) is 7.04. The molecule has 0 bridgehead atoms. The van der Waals surface area contributed by atoms with Crippen molar-refractivity contribution in [1.29, 1.82) is 0 Å². The number of rotatable bonds is 4. The number of nitrogens with one attached hydrogen (secondary N) is 1. The van der Waals surface area contributed by atoms with E-state index in [1.54, 1.807) is 23.1 Å². The third kappa shape index (κ3) is 2.79. The molecule has 3 aromatic rings. The quantitative estimate of drug-likeness (QED) is 0.626. The monoisotopic (exact) mass is 393 g/mol. The zero-order chi connectivity index (χ0) is 20.0. The van der Waals surface area contributed by atoms with Gasteiger partial charge >= 0.3 is 0 Å². The Morgan fingerprint density at radius 2 is 2.11 bits per heavy atom. The fourth-order valence-electron chi connectivity index (χ4n) is 3.99. The summed E-state index contributed by atoms with van der Waals surface area (Å²) in [4.78, 5) is 14.8. The molecule has 0 fully saturated rings. The molecule has 2 aromatic carbocycles. The summed E-state index contributed by atoms with van der Waals surface area (Å²) < 4.78 is 0. The van der Waals surface area contributed by atoms with Crippen LogP contribution in [0.3, 0.4) is 0 Å². The molecular weight excluding hydrogens is 374 g/mol. The lowest BCUT2D eigenvalue weighted by molar-refractivity contribution is 0.0764. The number of carbonyl (C=O) groups excluding carboxylic acids is 1. The number of aromatic amines is 1. The largest absolute Gasteiger partial charge is 0.507 e. The molecule has 0 saturated carbocycles. The van der Waals surface area contributed by atoms with Gasteiger partial charge in [0.25, 0.3) is 5.91 Å². The zero-order valence-electron chi connectivity index (χ0n) is 15.7. The van der Waals surface area contributed by atoms with Crippen LogP contribution in [0.15, 0.2) is 49.1 Å².